The number of aliphatic hydroxyl groups is 1. The van der Waals surface area contributed by atoms with Gasteiger partial charge in [0.05, 0.1) is 6.10 Å². The van der Waals surface area contributed by atoms with Gasteiger partial charge < -0.3 is 10.0 Å². The molecule has 20 heavy (non-hydrogen) atoms. The van der Waals surface area contributed by atoms with Crippen molar-refractivity contribution in [2.45, 2.75) is 19.2 Å². The Morgan fingerprint density at radius 1 is 1.30 bits per heavy atom. The summed E-state index contributed by atoms with van der Waals surface area (Å²) >= 11 is 0. The van der Waals surface area contributed by atoms with Crippen LogP contribution in [0.3, 0.4) is 0 Å². The highest BCUT2D eigenvalue weighted by Crippen LogP contribution is 2.28. The van der Waals surface area contributed by atoms with E-state index in [4.69, 9.17) is 0 Å². The second kappa shape index (κ2) is 5.92. The summed E-state index contributed by atoms with van der Waals surface area (Å²) in [4.78, 5) is 11.3. The topological polar surface area (TPSA) is 52.5 Å². The molecule has 1 aromatic rings. The number of aliphatic hydroxyl groups excluding tert-OH is 1. The number of hydrogen-bond acceptors (Lipinski definition) is 5. The van der Waals surface area contributed by atoms with Gasteiger partial charge in [-0.3, -0.25) is 4.90 Å². The van der Waals surface area contributed by atoms with Crippen molar-refractivity contribution in [3.8, 4) is 0 Å². The summed E-state index contributed by atoms with van der Waals surface area (Å²) < 4.78 is 37.8. The summed E-state index contributed by atoms with van der Waals surface area (Å²) in [5.41, 5.74) is -0.922. The van der Waals surface area contributed by atoms with Crippen molar-refractivity contribution in [2.75, 3.05) is 37.6 Å². The molecule has 112 valence electrons. The highest BCUT2D eigenvalue weighted by atomic mass is 19.4. The smallest absolute Gasteiger partial charge is 0.392 e. The van der Waals surface area contributed by atoms with E-state index in [2.05, 4.69) is 14.9 Å². The van der Waals surface area contributed by atoms with Crippen LogP contribution < -0.4 is 4.90 Å². The lowest BCUT2D eigenvalue weighted by Gasteiger charge is -2.35. The lowest BCUT2D eigenvalue weighted by molar-refractivity contribution is -0.141. The Kier molecular flexibility index (Phi) is 4.44. The average molecular weight is 290 g/mol. The Morgan fingerprint density at radius 3 is 2.50 bits per heavy atom. The van der Waals surface area contributed by atoms with E-state index in [1.807, 2.05) is 0 Å². The third-order valence-corrected chi connectivity index (χ3v) is 3.11. The van der Waals surface area contributed by atoms with Crippen LogP contribution in [0.25, 0.3) is 0 Å². The number of alkyl halides is 3. The molecule has 1 fully saturated rings. The van der Waals surface area contributed by atoms with Gasteiger partial charge in [0.2, 0.25) is 5.95 Å². The predicted octanol–water partition coefficient (Wildman–Crippen LogP) is 0.998. The number of halogens is 3. The summed E-state index contributed by atoms with van der Waals surface area (Å²) in [5, 5.41) is 9.31. The second-order valence-electron chi connectivity index (χ2n) is 4.88. The van der Waals surface area contributed by atoms with Crippen molar-refractivity contribution in [3.63, 3.8) is 0 Å². The van der Waals surface area contributed by atoms with Crippen LogP contribution in [0, 0.1) is 0 Å². The van der Waals surface area contributed by atoms with E-state index in [1.165, 1.54) is 0 Å². The number of anilines is 1. The Labute approximate surface area is 115 Å². The zero-order chi connectivity index (χ0) is 14.8. The number of piperazine rings is 1. The molecule has 1 aromatic heterocycles. The van der Waals surface area contributed by atoms with Gasteiger partial charge in [0.1, 0.15) is 5.69 Å². The van der Waals surface area contributed by atoms with Crippen LogP contribution in [0.4, 0.5) is 19.1 Å². The first-order chi connectivity index (χ1) is 9.36. The Morgan fingerprint density at radius 2 is 1.95 bits per heavy atom. The quantitative estimate of drug-likeness (QED) is 0.900. The van der Waals surface area contributed by atoms with Crippen molar-refractivity contribution in [1.82, 2.24) is 14.9 Å². The largest absolute Gasteiger partial charge is 0.433 e. The monoisotopic (exact) mass is 290 g/mol. The van der Waals surface area contributed by atoms with Crippen molar-refractivity contribution in [3.05, 3.63) is 18.0 Å². The van der Waals surface area contributed by atoms with Crippen LogP contribution in [0.1, 0.15) is 12.6 Å². The Hall–Kier alpha value is -1.41. The van der Waals surface area contributed by atoms with Gasteiger partial charge in [0.15, 0.2) is 0 Å². The highest BCUT2D eigenvalue weighted by molar-refractivity contribution is 5.31. The molecule has 0 aliphatic carbocycles. The molecule has 1 saturated heterocycles. The summed E-state index contributed by atoms with van der Waals surface area (Å²) in [6.07, 6.45) is -3.73. The molecule has 0 bridgehead atoms. The van der Waals surface area contributed by atoms with E-state index in [0.29, 0.717) is 32.7 Å². The van der Waals surface area contributed by atoms with Gasteiger partial charge in [0, 0.05) is 38.9 Å². The molecule has 1 atom stereocenters. The maximum Gasteiger partial charge on any atom is 0.433 e. The van der Waals surface area contributed by atoms with Crippen LogP contribution >= 0.6 is 0 Å². The van der Waals surface area contributed by atoms with Gasteiger partial charge in [0.25, 0.3) is 0 Å². The second-order valence-corrected chi connectivity index (χ2v) is 4.88. The lowest BCUT2D eigenvalue weighted by atomic mass is 10.3. The van der Waals surface area contributed by atoms with E-state index in [9.17, 15) is 18.3 Å². The third-order valence-electron chi connectivity index (χ3n) is 3.11. The molecule has 5 nitrogen and oxygen atoms in total. The minimum absolute atomic E-state index is 0.108. The fourth-order valence-corrected chi connectivity index (χ4v) is 2.16. The fraction of sp³-hybridized carbons (Fsp3) is 0.667. The first-order valence-electron chi connectivity index (χ1n) is 6.42. The Balaban J connectivity index is 2.00. The minimum Gasteiger partial charge on any atom is -0.392 e. The van der Waals surface area contributed by atoms with Crippen LogP contribution in [0.5, 0.6) is 0 Å². The van der Waals surface area contributed by atoms with Crippen LogP contribution in [0.15, 0.2) is 12.3 Å². The average Bonchev–Trinajstić information content (AvgIpc) is 2.38. The van der Waals surface area contributed by atoms with Gasteiger partial charge in [-0.1, -0.05) is 0 Å². The predicted molar refractivity (Wildman–Crippen MR) is 67.4 cm³/mol. The van der Waals surface area contributed by atoms with Crippen molar-refractivity contribution < 1.29 is 18.3 Å². The molecule has 0 radical (unpaired) electrons. The van der Waals surface area contributed by atoms with Gasteiger partial charge in [-0.15, -0.1) is 0 Å². The SMILES string of the molecule is C[C@@H](O)CN1CCN(c2nccc(C(F)(F)F)n2)CC1. The fourth-order valence-electron chi connectivity index (χ4n) is 2.16. The standard InChI is InChI=1S/C12H17F3N4O/c1-9(20)8-18-4-6-19(7-5-18)11-16-3-2-10(17-11)12(13,14)15/h2-3,9,20H,4-8H2,1H3/t9-/m1/s1. The molecule has 0 amide bonds. The molecule has 2 rings (SSSR count). The maximum absolute atomic E-state index is 12.6. The minimum atomic E-state index is -4.45. The van der Waals surface area contributed by atoms with E-state index >= 15 is 0 Å². The molecule has 8 heteroatoms. The molecule has 0 aromatic carbocycles. The molecule has 1 aliphatic rings. The number of aromatic nitrogens is 2. The molecule has 0 spiro atoms. The Bertz CT molecular complexity index is 445. The normalized spacial score (nSPS) is 19.1. The molecule has 1 N–H and O–H groups in total. The first kappa shape index (κ1) is 15.0. The molecule has 2 heterocycles. The van der Waals surface area contributed by atoms with Gasteiger partial charge >= 0.3 is 6.18 Å². The van der Waals surface area contributed by atoms with E-state index in [-0.39, 0.29) is 5.95 Å². The zero-order valence-corrected chi connectivity index (χ0v) is 11.1. The van der Waals surface area contributed by atoms with Crippen LogP contribution in [-0.4, -0.2) is 58.8 Å². The van der Waals surface area contributed by atoms with E-state index in [1.54, 1.807) is 11.8 Å². The van der Waals surface area contributed by atoms with Crippen molar-refractivity contribution in [2.24, 2.45) is 0 Å². The zero-order valence-electron chi connectivity index (χ0n) is 11.1. The number of β-amino-alcohol motifs (C(OH)–C–C–N with tert-alkyl or cyclic N) is 1. The molecular weight excluding hydrogens is 273 g/mol. The number of nitrogens with zero attached hydrogens (tertiary/aromatic N) is 4. The maximum atomic E-state index is 12.6. The summed E-state index contributed by atoms with van der Waals surface area (Å²) in [7, 11) is 0. The summed E-state index contributed by atoms with van der Waals surface area (Å²) in [6, 6.07) is 0.868. The van der Waals surface area contributed by atoms with Gasteiger partial charge in [-0.2, -0.15) is 13.2 Å². The van der Waals surface area contributed by atoms with Crippen molar-refractivity contribution >= 4 is 5.95 Å². The lowest BCUT2D eigenvalue weighted by Crippen LogP contribution is -2.48. The summed E-state index contributed by atoms with van der Waals surface area (Å²) in [6.45, 7) is 4.72. The summed E-state index contributed by atoms with van der Waals surface area (Å²) in [5.74, 6) is 0.108. The van der Waals surface area contributed by atoms with Gasteiger partial charge in [-0.05, 0) is 13.0 Å². The molecule has 0 unspecified atom stereocenters. The molecular formula is C12H17F3N4O. The van der Waals surface area contributed by atoms with E-state index in [0.717, 1.165) is 12.3 Å². The number of hydrogen-bond donors (Lipinski definition) is 1. The third kappa shape index (κ3) is 3.80. The number of rotatable bonds is 3. The van der Waals surface area contributed by atoms with Crippen LogP contribution in [-0.2, 0) is 6.18 Å². The first-order valence-corrected chi connectivity index (χ1v) is 6.42. The van der Waals surface area contributed by atoms with Gasteiger partial charge in [-0.25, -0.2) is 9.97 Å². The highest BCUT2D eigenvalue weighted by Gasteiger charge is 2.33. The van der Waals surface area contributed by atoms with Crippen LogP contribution in [0.2, 0.25) is 0 Å². The molecule has 1 aliphatic heterocycles. The van der Waals surface area contributed by atoms with Crippen molar-refractivity contribution in [1.29, 1.82) is 0 Å². The molecule has 0 saturated carbocycles. The van der Waals surface area contributed by atoms with E-state index < -0.39 is 18.0 Å².